The summed E-state index contributed by atoms with van der Waals surface area (Å²) in [6.45, 7) is 5.47. The van der Waals surface area contributed by atoms with E-state index >= 15 is 0 Å². The molecule has 1 unspecified atom stereocenters. The third kappa shape index (κ3) is 7.34. The van der Waals surface area contributed by atoms with Gasteiger partial charge >= 0.3 is 0 Å². The first-order valence-corrected chi connectivity index (χ1v) is 8.96. The number of unbranched alkanes of at least 4 members (excludes halogenated alkanes) is 6. The highest BCUT2D eigenvalue weighted by Gasteiger charge is 2.11. The zero-order valence-electron chi connectivity index (χ0n) is 12.4. The van der Waals surface area contributed by atoms with Gasteiger partial charge in [-0.2, -0.15) is 0 Å². The van der Waals surface area contributed by atoms with E-state index < -0.39 is 0 Å². The fourth-order valence-electron chi connectivity index (χ4n) is 2.41. The summed E-state index contributed by atoms with van der Waals surface area (Å²) >= 11 is 7.74. The van der Waals surface area contributed by atoms with Crippen LogP contribution in [0.2, 0.25) is 4.34 Å². The summed E-state index contributed by atoms with van der Waals surface area (Å²) in [5, 5.41) is 3.58. The van der Waals surface area contributed by atoms with Crippen LogP contribution < -0.4 is 5.32 Å². The minimum absolute atomic E-state index is 0.498. The molecule has 19 heavy (non-hydrogen) atoms. The van der Waals surface area contributed by atoms with Crippen LogP contribution >= 0.6 is 22.9 Å². The molecule has 0 spiro atoms. The molecule has 1 atom stereocenters. The molecule has 0 radical (unpaired) electrons. The first-order valence-electron chi connectivity index (χ1n) is 7.76. The average molecular weight is 302 g/mol. The average Bonchev–Trinajstić information content (AvgIpc) is 2.83. The highest BCUT2D eigenvalue weighted by Crippen LogP contribution is 2.29. The third-order valence-electron chi connectivity index (χ3n) is 3.48. The van der Waals surface area contributed by atoms with E-state index in [1.54, 1.807) is 11.3 Å². The molecular weight excluding hydrogens is 274 g/mol. The van der Waals surface area contributed by atoms with Gasteiger partial charge in [0.1, 0.15) is 0 Å². The van der Waals surface area contributed by atoms with E-state index in [1.165, 1.54) is 56.2 Å². The van der Waals surface area contributed by atoms with Gasteiger partial charge in [0.15, 0.2) is 0 Å². The Labute approximate surface area is 127 Å². The predicted octanol–water partition coefficient (Wildman–Crippen LogP) is 6.19. The minimum Gasteiger partial charge on any atom is -0.310 e. The van der Waals surface area contributed by atoms with Crippen molar-refractivity contribution < 1.29 is 0 Å². The van der Waals surface area contributed by atoms with E-state index in [2.05, 4.69) is 25.2 Å². The molecule has 0 fully saturated rings. The van der Waals surface area contributed by atoms with Crippen LogP contribution in [0.25, 0.3) is 0 Å². The smallest absolute Gasteiger partial charge is 0.0931 e. The fraction of sp³-hybridized carbons (Fsp3) is 0.750. The van der Waals surface area contributed by atoms with Crippen LogP contribution in [0.4, 0.5) is 0 Å². The molecule has 1 rings (SSSR count). The van der Waals surface area contributed by atoms with Gasteiger partial charge in [-0.05, 0) is 25.1 Å². The number of halogens is 1. The van der Waals surface area contributed by atoms with Gasteiger partial charge in [0.05, 0.1) is 4.34 Å². The molecule has 0 amide bonds. The topological polar surface area (TPSA) is 12.0 Å². The van der Waals surface area contributed by atoms with Gasteiger partial charge in [0.2, 0.25) is 0 Å². The molecular formula is C16H28ClNS. The van der Waals surface area contributed by atoms with Gasteiger partial charge in [-0.15, -0.1) is 11.3 Å². The molecule has 0 saturated carbocycles. The molecule has 0 bridgehead atoms. The van der Waals surface area contributed by atoms with Crippen LogP contribution in [0.1, 0.15) is 76.1 Å². The van der Waals surface area contributed by atoms with Gasteiger partial charge in [0.25, 0.3) is 0 Å². The summed E-state index contributed by atoms with van der Waals surface area (Å²) in [5.74, 6) is 0. The summed E-state index contributed by atoms with van der Waals surface area (Å²) < 4.78 is 0.900. The van der Waals surface area contributed by atoms with Crippen LogP contribution in [0.15, 0.2) is 12.1 Å². The van der Waals surface area contributed by atoms with Gasteiger partial charge in [-0.25, -0.2) is 0 Å². The second-order valence-electron chi connectivity index (χ2n) is 5.16. The Balaban J connectivity index is 2.19. The van der Waals surface area contributed by atoms with Crippen molar-refractivity contribution in [3.8, 4) is 0 Å². The maximum Gasteiger partial charge on any atom is 0.0931 e. The quantitative estimate of drug-likeness (QED) is 0.480. The summed E-state index contributed by atoms with van der Waals surface area (Å²) in [6, 6.07) is 4.68. The Hall–Kier alpha value is -0.0500. The largest absolute Gasteiger partial charge is 0.310 e. The Kier molecular flexibility index (Phi) is 9.58. The molecule has 1 N–H and O–H groups in total. The predicted molar refractivity (Wildman–Crippen MR) is 88.4 cm³/mol. The SMILES string of the molecule is CCCCCCCCCC(NCC)c1ccc(Cl)s1. The van der Waals surface area contributed by atoms with Crippen LogP contribution in [0, 0.1) is 0 Å². The normalized spacial score (nSPS) is 12.8. The Morgan fingerprint density at radius 1 is 1.05 bits per heavy atom. The molecule has 3 heteroatoms. The van der Waals surface area contributed by atoms with E-state index in [-0.39, 0.29) is 0 Å². The first-order chi connectivity index (χ1) is 9.27. The van der Waals surface area contributed by atoms with Crippen LogP contribution in [0.5, 0.6) is 0 Å². The maximum absolute atomic E-state index is 6.03. The summed E-state index contributed by atoms with van der Waals surface area (Å²) in [7, 11) is 0. The zero-order chi connectivity index (χ0) is 13.9. The van der Waals surface area contributed by atoms with Crippen molar-refractivity contribution >= 4 is 22.9 Å². The van der Waals surface area contributed by atoms with Crippen molar-refractivity contribution in [1.82, 2.24) is 5.32 Å². The van der Waals surface area contributed by atoms with E-state index in [9.17, 15) is 0 Å². The number of hydrogen-bond acceptors (Lipinski definition) is 2. The van der Waals surface area contributed by atoms with Crippen molar-refractivity contribution in [3.63, 3.8) is 0 Å². The molecule has 0 aromatic carbocycles. The lowest BCUT2D eigenvalue weighted by Gasteiger charge is -2.16. The van der Waals surface area contributed by atoms with E-state index in [0.29, 0.717) is 6.04 Å². The summed E-state index contributed by atoms with van der Waals surface area (Å²) in [6.07, 6.45) is 10.9. The second-order valence-corrected chi connectivity index (χ2v) is 6.91. The van der Waals surface area contributed by atoms with Crippen LogP contribution in [0.3, 0.4) is 0 Å². The van der Waals surface area contributed by atoms with Crippen molar-refractivity contribution in [2.45, 2.75) is 71.3 Å². The Morgan fingerprint density at radius 2 is 1.74 bits per heavy atom. The summed E-state index contributed by atoms with van der Waals surface area (Å²) in [5.41, 5.74) is 0. The molecule has 0 aliphatic carbocycles. The monoisotopic (exact) mass is 301 g/mol. The molecule has 0 saturated heterocycles. The number of hydrogen-bond donors (Lipinski definition) is 1. The lowest BCUT2D eigenvalue weighted by Crippen LogP contribution is -2.19. The highest BCUT2D eigenvalue weighted by molar-refractivity contribution is 7.16. The second kappa shape index (κ2) is 10.7. The lowest BCUT2D eigenvalue weighted by atomic mass is 10.0. The van der Waals surface area contributed by atoms with Crippen molar-refractivity contribution in [2.24, 2.45) is 0 Å². The third-order valence-corrected chi connectivity index (χ3v) is 4.83. The zero-order valence-corrected chi connectivity index (χ0v) is 14.0. The molecule has 110 valence electrons. The Morgan fingerprint density at radius 3 is 2.32 bits per heavy atom. The highest BCUT2D eigenvalue weighted by atomic mass is 35.5. The van der Waals surface area contributed by atoms with E-state index in [0.717, 1.165) is 10.9 Å². The number of nitrogens with one attached hydrogen (secondary N) is 1. The molecule has 1 heterocycles. The molecule has 1 aromatic heterocycles. The minimum atomic E-state index is 0.498. The van der Waals surface area contributed by atoms with Gasteiger partial charge in [0, 0.05) is 10.9 Å². The standard InChI is InChI=1S/C16H28ClNS/c1-3-5-6-7-8-9-10-11-14(18-4-2)15-12-13-16(17)19-15/h12-14,18H,3-11H2,1-2H3. The first kappa shape index (κ1) is 17.0. The molecule has 1 aromatic rings. The van der Waals surface area contributed by atoms with E-state index in [4.69, 9.17) is 11.6 Å². The maximum atomic E-state index is 6.03. The Bertz CT molecular complexity index is 324. The fourth-order valence-corrected chi connectivity index (χ4v) is 3.58. The van der Waals surface area contributed by atoms with Crippen LogP contribution in [-0.2, 0) is 0 Å². The van der Waals surface area contributed by atoms with Gasteiger partial charge in [-0.1, -0.05) is 70.4 Å². The summed E-state index contributed by atoms with van der Waals surface area (Å²) in [4.78, 5) is 1.39. The molecule has 0 aliphatic heterocycles. The van der Waals surface area contributed by atoms with Crippen molar-refractivity contribution in [1.29, 1.82) is 0 Å². The lowest BCUT2D eigenvalue weighted by molar-refractivity contribution is 0.481. The van der Waals surface area contributed by atoms with Crippen molar-refractivity contribution in [2.75, 3.05) is 6.54 Å². The molecule has 1 nitrogen and oxygen atoms in total. The van der Waals surface area contributed by atoms with E-state index in [1.807, 2.05) is 6.07 Å². The van der Waals surface area contributed by atoms with Crippen LogP contribution in [-0.4, -0.2) is 6.54 Å². The number of thiophene rings is 1. The number of rotatable bonds is 11. The van der Waals surface area contributed by atoms with Crippen molar-refractivity contribution in [3.05, 3.63) is 21.3 Å². The van der Waals surface area contributed by atoms with Gasteiger partial charge < -0.3 is 5.32 Å². The molecule has 0 aliphatic rings. The van der Waals surface area contributed by atoms with Gasteiger partial charge in [-0.3, -0.25) is 0 Å².